The van der Waals surface area contributed by atoms with E-state index in [0.717, 1.165) is 24.4 Å². The average Bonchev–Trinajstić information content (AvgIpc) is 2.40. The predicted molar refractivity (Wildman–Crippen MR) is 68.0 cm³/mol. The third-order valence-corrected chi connectivity index (χ3v) is 3.22. The zero-order chi connectivity index (χ0) is 12.1. The van der Waals surface area contributed by atoms with Gasteiger partial charge in [-0.1, -0.05) is 0 Å². The molecule has 0 amide bonds. The van der Waals surface area contributed by atoms with E-state index in [9.17, 15) is 0 Å². The molecule has 1 aromatic rings. The summed E-state index contributed by atoms with van der Waals surface area (Å²) < 4.78 is 5.23. The van der Waals surface area contributed by atoms with Gasteiger partial charge < -0.3 is 9.64 Å². The first-order valence-corrected chi connectivity index (χ1v) is 6.08. The molecule has 1 heterocycles. The highest BCUT2D eigenvalue weighted by atomic mass is 16.6. The second kappa shape index (κ2) is 5.89. The molecular formula is C13H20N2O2. The van der Waals surface area contributed by atoms with Crippen molar-refractivity contribution >= 4 is 5.69 Å². The molecule has 2 N–H and O–H groups in total. The normalized spacial score (nSPS) is 16.0. The maximum Gasteiger partial charge on any atom is 0.119 e. The van der Waals surface area contributed by atoms with Crippen LogP contribution in [0, 0.1) is 0 Å². The standard InChI is InChI=1S/C13H20N2O2/c1-16-12-5-6-13(11(9-12)10-17-14)15-7-3-2-4-8-15/h5-6,9H,2-4,7-8,10,14H2,1H3. The van der Waals surface area contributed by atoms with Crippen LogP contribution in [0.5, 0.6) is 5.75 Å². The lowest BCUT2D eigenvalue weighted by molar-refractivity contribution is 0.124. The molecule has 4 heteroatoms. The molecule has 0 saturated carbocycles. The summed E-state index contributed by atoms with van der Waals surface area (Å²) in [6.07, 6.45) is 3.85. The van der Waals surface area contributed by atoms with E-state index in [1.165, 1.54) is 24.9 Å². The van der Waals surface area contributed by atoms with Crippen LogP contribution in [-0.2, 0) is 11.4 Å². The number of methoxy groups -OCH3 is 1. The highest BCUT2D eigenvalue weighted by Gasteiger charge is 2.15. The molecule has 94 valence electrons. The fourth-order valence-corrected chi connectivity index (χ4v) is 2.34. The molecule has 1 saturated heterocycles. The molecule has 1 aliphatic heterocycles. The van der Waals surface area contributed by atoms with Gasteiger partial charge in [-0.2, -0.15) is 0 Å². The van der Waals surface area contributed by atoms with E-state index >= 15 is 0 Å². The van der Waals surface area contributed by atoms with E-state index in [1.54, 1.807) is 7.11 Å². The summed E-state index contributed by atoms with van der Waals surface area (Å²) in [5.41, 5.74) is 2.31. The van der Waals surface area contributed by atoms with Crippen molar-refractivity contribution in [3.8, 4) is 5.75 Å². The van der Waals surface area contributed by atoms with Gasteiger partial charge in [0.1, 0.15) is 5.75 Å². The first-order valence-electron chi connectivity index (χ1n) is 6.08. The first kappa shape index (κ1) is 12.2. The van der Waals surface area contributed by atoms with E-state index < -0.39 is 0 Å². The van der Waals surface area contributed by atoms with Gasteiger partial charge in [-0.25, -0.2) is 5.90 Å². The maximum atomic E-state index is 5.23. The third kappa shape index (κ3) is 2.90. The van der Waals surface area contributed by atoms with Gasteiger partial charge in [0.05, 0.1) is 13.7 Å². The van der Waals surface area contributed by atoms with Crippen LogP contribution in [0.15, 0.2) is 18.2 Å². The summed E-state index contributed by atoms with van der Waals surface area (Å²) in [6.45, 7) is 2.65. The van der Waals surface area contributed by atoms with Crippen molar-refractivity contribution in [2.24, 2.45) is 5.90 Å². The number of hydrogen-bond acceptors (Lipinski definition) is 4. The highest BCUT2D eigenvalue weighted by molar-refractivity contribution is 5.56. The zero-order valence-electron chi connectivity index (χ0n) is 10.3. The number of piperidine rings is 1. The minimum absolute atomic E-state index is 0.420. The van der Waals surface area contributed by atoms with Crippen LogP contribution in [0.4, 0.5) is 5.69 Å². The Morgan fingerprint density at radius 1 is 1.24 bits per heavy atom. The van der Waals surface area contributed by atoms with Crippen molar-refractivity contribution in [3.63, 3.8) is 0 Å². The van der Waals surface area contributed by atoms with Gasteiger partial charge in [-0.05, 0) is 37.5 Å². The van der Waals surface area contributed by atoms with E-state index in [2.05, 4.69) is 11.0 Å². The van der Waals surface area contributed by atoms with Gasteiger partial charge in [-0.3, -0.25) is 4.84 Å². The Hall–Kier alpha value is -1.26. The predicted octanol–water partition coefficient (Wildman–Crippen LogP) is 2.08. The fraction of sp³-hybridized carbons (Fsp3) is 0.538. The second-order valence-corrected chi connectivity index (χ2v) is 4.35. The summed E-state index contributed by atoms with van der Waals surface area (Å²) in [5, 5.41) is 0. The SMILES string of the molecule is COc1ccc(N2CCCCC2)c(CON)c1. The van der Waals surface area contributed by atoms with Crippen molar-refractivity contribution in [2.45, 2.75) is 25.9 Å². The van der Waals surface area contributed by atoms with E-state index in [0.29, 0.717) is 6.61 Å². The van der Waals surface area contributed by atoms with Crippen molar-refractivity contribution < 1.29 is 9.57 Å². The molecule has 0 radical (unpaired) electrons. The highest BCUT2D eigenvalue weighted by Crippen LogP contribution is 2.28. The molecule has 0 unspecified atom stereocenters. The zero-order valence-corrected chi connectivity index (χ0v) is 10.3. The van der Waals surface area contributed by atoms with Crippen LogP contribution in [0.1, 0.15) is 24.8 Å². The van der Waals surface area contributed by atoms with Crippen LogP contribution < -0.4 is 15.5 Å². The summed E-state index contributed by atoms with van der Waals surface area (Å²) in [5.74, 6) is 6.04. The summed E-state index contributed by atoms with van der Waals surface area (Å²) >= 11 is 0. The molecule has 0 spiro atoms. The number of anilines is 1. The summed E-state index contributed by atoms with van der Waals surface area (Å²) in [7, 11) is 1.67. The van der Waals surface area contributed by atoms with Gasteiger partial charge in [0.2, 0.25) is 0 Å². The fourth-order valence-electron chi connectivity index (χ4n) is 2.34. The minimum Gasteiger partial charge on any atom is -0.497 e. The van der Waals surface area contributed by atoms with E-state index in [1.807, 2.05) is 12.1 Å². The van der Waals surface area contributed by atoms with Gasteiger partial charge in [0.15, 0.2) is 0 Å². The van der Waals surface area contributed by atoms with E-state index in [-0.39, 0.29) is 0 Å². The molecule has 0 aliphatic carbocycles. The van der Waals surface area contributed by atoms with Gasteiger partial charge in [0, 0.05) is 24.3 Å². The topological polar surface area (TPSA) is 47.7 Å². The first-order chi connectivity index (χ1) is 8.35. The second-order valence-electron chi connectivity index (χ2n) is 4.35. The molecule has 1 aromatic carbocycles. The number of ether oxygens (including phenoxy) is 1. The van der Waals surface area contributed by atoms with Crippen LogP contribution in [0.2, 0.25) is 0 Å². The van der Waals surface area contributed by atoms with Crippen molar-refractivity contribution in [2.75, 3.05) is 25.1 Å². The van der Waals surface area contributed by atoms with Crippen molar-refractivity contribution in [1.29, 1.82) is 0 Å². The van der Waals surface area contributed by atoms with Crippen LogP contribution in [-0.4, -0.2) is 20.2 Å². The molecule has 1 fully saturated rings. The van der Waals surface area contributed by atoms with Gasteiger partial charge >= 0.3 is 0 Å². The molecular weight excluding hydrogens is 216 g/mol. The molecule has 0 bridgehead atoms. The Kier molecular flexibility index (Phi) is 4.23. The van der Waals surface area contributed by atoms with Crippen molar-refractivity contribution in [1.82, 2.24) is 0 Å². The lowest BCUT2D eigenvalue weighted by Gasteiger charge is -2.30. The third-order valence-electron chi connectivity index (χ3n) is 3.22. The number of benzene rings is 1. The van der Waals surface area contributed by atoms with Gasteiger partial charge in [0.25, 0.3) is 0 Å². The Labute approximate surface area is 102 Å². The Bertz CT molecular complexity index is 362. The monoisotopic (exact) mass is 236 g/mol. The average molecular weight is 236 g/mol. The quantitative estimate of drug-likeness (QED) is 0.813. The molecule has 0 aromatic heterocycles. The Morgan fingerprint density at radius 2 is 2.00 bits per heavy atom. The lowest BCUT2D eigenvalue weighted by Crippen LogP contribution is -2.30. The van der Waals surface area contributed by atoms with Crippen molar-refractivity contribution in [3.05, 3.63) is 23.8 Å². The Balaban J connectivity index is 2.24. The number of hydrogen-bond donors (Lipinski definition) is 1. The van der Waals surface area contributed by atoms with Crippen LogP contribution >= 0.6 is 0 Å². The summed E-state index contributed by atoms with van der Waals surface area (Å²) in [4.78, 5) is 7.18. The number of nitrogens with two attached hydrogens (primary N) is 1. The molecule has 1 aliphatic rings. The largest absolute Gasteiger partial charge is 0.497 e. The number of rotatable bonds is 4. The van der Waals surface area contributed by atoms with Crippen LogP contribution in [0.25, 0.3) is 0 Å². The van der Waals surface area contributed by atoms with Crippen LogP contribution in [0.3, 0.4) is 0 Å². The number of nitrogens with zero attached hydrogens (tertiary/aromatic N) is 1. The lowest BCUT2D eigenvalue weighted by atomic mass is 10.1. The van der Waals surface area contributed by atoms with Gasteiger partial charge in [-0.15, -0.1) is 0 Å². The minimum atomic E-state index is 0.420. The Morgan fingerprint density at radius 3 is 2.65 bits per heavy atom. The molecule has 0 atom stereocenters. The maximum absolute atomic E-state index is 5.23. The van der Waals surface area contributed by atoms with E-state index in [4.69, 9.17) is 15.5 Å². The molecule has 4 nitrogen and oxygen atoms in total. The molecule has 17 heavy (non-hydrogen) atoms. The molecule has 2 rings (SSSR count). The smallest absolute Gasteiger partial charge is 0.119 e. The summed E-state index contributed by atoms with van der Waals surface area (Å²) in [6, 6.07) is 6.08.